The molecule has 2 unspecified atom stereocenters. The molecule has 1 saturated heterocycles. The van der Waals surface area contributed by atoms with Gasteiger partial charge in [-0.2, -0.15) is 0 Å². The molecule has 0 bridgehead atoms. The van der Waals surface area contributed by atoms with E-state index in [0.29, 0.717) is 12.4 Å². The molecule has 1 aliphatic heterocycles. The zero-order valence-electron chi connectivity index (χ0n) is 10.9. The van der Waals surface area contributed by atoms with Gasteiger partial charge >= 0.3 is 0 Å². The van der Waals surface area contributed by atoms with Crippen molar-refractivity contribution in [1.29, 1.82) is 0 Å². The van der Waals surface area contributed by atoms with Gasteiger partial charge in [-0.25, -0.2) is 4.39 Å². The van der Waals surface area contributed by atoms with Crippen molar-refractivity contribution in [2.24, 2.45) is 0 Å². The molecule has 1 fully saturated rings. The smallest absolute Gasteiger partial charge is 0.165 e. The predicted octanol–water partition coefficient (Wildman–Crippen LogP) is 2.66. The van der Waals surface area contributed by atoms with Crippen LogP contribution in [0.4, 0.5) is 4.39 Å². The maximum Gasteiger partial charge on any atom is 0.165 e. The Bertz CT molecular complexity index is 391. The van der Waals surface area contributed by atoms with Gasteiger partial charge in [-0.05, 0) is 44.5 Å². The summed E-state index contributed by atoms with van der Waals surface area (Å²) >= 11 is 0. The highest BCUT2D eigenvalue weighted by Gasteiger charge is 2.17. The summed E-state index contributed by atoms with van der Waals surface area (Å²) in [6.07, 6.45) is 2.17. The van der Waals surface area contributed by atoms with Crippen molar-refractivity contribution in [1.82, 2.24) is 5.32 Å². The molecule has 0 aromatic heterocycles. The van der Waals surface area contributed by atoms with Gasteiger partial charge in [0.2, 0.25) is 0 Å². The molecule has 0 amide bonds. The molecule has 1 N–H and O–H groups in total. The van der Waals surface area contributed by atoms with Gasteiger partial charge in [0, 0.05) is 12.6 Å². The second-order valence-corrected chi connectivity index (χ2v) is 4.65. The Hall–Kier alpha value is -1.13. The number of hydrogen-bond donors (Lipinski definition) is 1. The Balaban J connectivity index is 1.96. The summed E-state index contributed by atoms with van der Waals surface area (Å²) in [6.45, 7) is 3.20. The van der Waals surface area contributed by atoms with Crippen molar-refractivity contribution >= 4 is 0 Å². The number of hydrogen-bond acceptors (Lipinski definition) is 3. The van der Waals surface area contributed by atoms with E-state index in [-0.39, 0.29) is 18.0 Å². The van der Waals surface area contributed by atoms with E-state index in [1.54, 1.807) is 6.07 Å². The lowest BCUT2D eigenvalue weighted by atomic mass is 10.1. The summed E-state index contributed by atoms with van der Waals surface area (Å²) in [4.78, 5) is 0. The number of benzene rings is 1. The van der Waals surface area contributed by atoms with Gasteiger partial charge in [-0.3, -0.25) is 0 Å². The van der Waals surface area contributed by atoms with Crippen molar-refractivity contribution < 1.29 is 13.9 Å². The summed E-state index contributed by atoms with van der Waals surface area (Å²) < 4.78 is 24.7. The minimum atomic E-state index is -0.312. The van der Waals surface area contributed by atoms with Crippen LogP contribution in [0.2, 0.25) is 0 Å². The predicted molar refractivity (Wildman–Crippen MR) is 68.3 cm³/mol. The van der Waals surface area contributed by atoms with Crippen LogP contribution < -0.4 is 10.1 Å². The van der Waals surface area contributed by atoms with Crippen LogP contribution >= 0.6 is 0 Å². The fraction of sp³-hybridized carbons (Fsp3) is 0.571. The third-order valence-electron chi connectivity index (χ3n) is 3.34. The Morgan fingerprint density at radius 2 is 2.39 bits per heavy atom. The van der Waals surface area contributed by atoms with E-state index in [0.717, 1.165) is 25.0 Å². The molecule has 3 nitrogen and oxygen atoms in total. The summed E-state index contributed by atoms with van der Waals surface area (Å²) in [5.41, 5.74) is 0.916. The molecule has 100 valence electrons. The van der Waals surface area contributed by atoms with Crippen LogP contribution in [0, 0.1) is 5.82 Å². The fourth-order valence-corrected chi connectivity index (χ4v) is 2.03. The van der Waals surface area contributed by atoms with E-state index in [2.05, 4.69) is 5.32 Å². The minimum absolute atomic E-state index is 0.111. The molecule has 2 rings (SSSR count). The van der Waals surface area contributed by atoms with Crippen molar-refractivity contribution in [2.45, 2.75) is 31.9 Å². The molecule has 0 spiro atoms. The van der Waals surface area contributed by atoms with Crippen molar-refractivity contribution in [3.05, 3.63) is 29.6 Å². The summed E-state index contributed by atoms with van der Waals surface area (Å²) in [5, 5.41) is 3.08. The van der Waals surface area contributed by atoms with Crippen LogP contribution in [-0.4, -0.2) is 26.4 Å². The largest absolute Gasteiger partial charge is 0.488 e. The standard InChI is InChI=1S/C14H20FNO2/c1-10(16-2)11-5-6-14(13(15)8-11)18-9-12-4-3-7-17-12/h5-6,8,10,12,16H,3-4,7,9H2,1-2H3. The molecule has 1 heterocycles. The molecule has 1 aromatic rings. The van der Waals surface area contributed by atoms with E-state index in [4.69, 9.17) is 9.47 Å². The van der Waals surface area contributed by atoms with Gasteiger partial charge in [-0.15, -0.1) is 0 Å². The summed E-state index contributed by atoms with van der Waals surface area (Å²) in [5.74, 6) is -0.00912. The lowest BCUT2D eigenvalue weighted by Gasteiger charge is -2.14. The van der Waals surface area contributed by atoms with Gasteiger partial charge in [0.25, 0.3) is 0 Å². The Morgan fingerprint density at radius 3 is 3.00 bits per heavy atom. The molecular formula is C14H20FNO2. The highest BCUT2D eigenvalue weighted by atomic mass is 19.1. The van der Waals surface area contributed by atoms with Gasteiger partial charge in [0.05, 0.1) is 6.10 Å². The zero-order valence-corrected chi connectivity index (χ0v) is 10.9. The van der Waals surface area contributed by atoms with Crippen LogP contribution in [0.15, 0.2) is 18.2 Å². The van der Waals surface area contributed by atoms with Gasteiger partial charge in [0.1, 0.15) is 6.61 Å². The van der Waals surface area contributed by atoms with Crippen LogP contribution in [0.5, 0.6) is 5.75 Å². The van der Waals surface area contributed by atoms with Crippen LogP contribution in [0.1, 0.15) is 31.4 Å². The Labute approximate surface area is 107 Å². The van der Waals surface area contributed by atoms with Crippen LogP contribution in [0.3, 0.4) is 0 Å². The number of rotatable bonds is 5. The molecule has 0 saturated carbocycles. The lowest BCUT2D eigenvalue weighted by molar-refractivity contribution is 0.0665. The quantitative estimate of drug-likeness (QED) is 0.875. The molecule has 0 aliphatic carbocycles. The zero-order chi connectivity index (χ0) is 13.0. The number of ether oxygens (including phenoxy) is 2. The first-order valence-electron chi connectivity index (χ1n) is 6.42. The number of nitrogens with one attached hydrogen (secondary N) is 1. The van der Waals surface area contributed by atoms with Crippen molar-refractivity contribution in [3.8, 4) is 5.75 Å². The first kappa shape index (κ1) is 13.3. The molecule has 2 atom stereocenters. The molecular weight excluding hydrogens is 233 g/mol. The second kappa shape index (κ2) is 6.16. The normalized spacial score (nSPS) is 20.9. The SMILES string of the molecule is CNC(C)c1ccc(OCC2CCCO2)c(F)c1. The monoisotopic (exact) mass is 253 g/mol. The highest BCUT2D eigenvalue weighted by molar-refractivity contribution is 5.30. The Kier molecular flexibility index (Phi) is 4.55. The highest BCUT2D eigenvalue weighted by Crippen LogP contribution is 2.23. The topological polar surface area (TPSA) is 30.5 Å². The van der Waals surface area contributed by atoms with Gasteiger partial charge in [-0.1, -0.05) is 6.07 Å². The minimum Gasteiger partial charge on any atom is -0.488 e. The number of halogens is 1. The van der Waals surface area contributed by atoms with E-state index in [1.165, 1.54) is 6.07 Å². The molecule has 1 aromatic carbocycles. The Morgan fingerprint density at radius 1 is 1.56 bits per heavy atom. The molecule has 18 heavy (non-hydrogen) atoms. The van der Waals surface area contributed by atoms with Crippen molar-refractivity contribution in [2.75, 3.05) is 20.3 Å². The maximum atomic E-state index is 13.8. The molecule has 1 aliphatic rings. The van der Waals surface area contributed by atoms with E-state index in [1.807, 2.05) is 20.0 Å². The van der Waals surface area contributed by atoms with Crippen LogP contribution in [-0.2, 0) is 4.74 Å². The second-order valence-electron chi connectivity index (χ2n) is 4.65. The summed E-state index contributed by atoms with van der Waals surface area (Å²) in [6, 6.07) is 5.22. The van der Waals surface area contributed by atoms with E-state index in [9.17, 15) is 4.39 Å². The summed E-state index contributed by atoms with van der Waals surface area (Å²) in [7, 11) is 1.85. The van der Waals surface area contributed by atoms with E-state index < -0.39 is 0 Å². The molecule has 4 heteroatoms. The average Bonchev–Trinajstić information content (AvgIpc) is 2.89. The average molecular weight is 253 g/mol. The van der Waals surface area contributed by atoms with E-state index >= 15 is 0 Å². The maximum absolute atomic E-state index is 13.8. The van der Waals surface area contributed by atoms with Gasteiger partial charge < -0.3 is 14.8 Å². The molecule has 0 radical (unpaired) electrons. The van der Waals surface area contributed by atoms with Crippen LogP contribution in [0.25, 0.3) is 0 Å². The fourth-order valence-electron chi connectivity index (χ4n) is 2.03. The third-order valence-corrected chi connectivity index (χ3v) is 3.34. The first-order valence-corrected chi connectivity index (χ1v) is 6.42. The van der Waals surface area contributed by atoms with Gasteiger partial charge in [0.15, 0.2) is 11.6 Å². The lowest BCUT2D eigenvalue weighted by Crippen LogP contribution is -2.17. The first-order chi connectivity index (χ1) is 8.70. The third kappa shape index (κ3) is 3.21. The van der Waals surface area contributed by atoms with Crippen molar-refractivity contribution in [3.63, 3.8) is 0 Å².